The molecule has 0 radical (unpaired) electrons. The van der Waals surface area contributed by atoms with Crippen molar-refractivity contribution in [2.75, 3.05) is 20.1 Å². The van der Waals surface area contributed by atoms with Crippen molar-refractivity contribution in [1.29, 1.82) is 5.26 Å². The highest BCUT2D eigenvalue weighted by Gasteiger charge is 2.26. The quantitative estimate of drug-likeness (QED) is 0.802. The SMILES string of the molecule is CN1CC[C@@H](CN(Cc2ccccc2)Cc2ccccc2C#N)OC1=O. The molecule has 1 atom stereocenters. The fraction of sp³-hybridized carbons (Fsp3) is 0.333. The standard InChI is InChI=1S/C21H23N3O2/c1-23-12-11-20(26-21(23)25)16-24(14-17-7-3-2-4-8-17)15-19-10-6-5-9-18(19)13-22/h2-10,20H,11-12,14-16H2,1H3/t20-/m0/s1. The van der Waals surface area contributed by atoms with E-state index in [0.29, 0.717) is 25.2 Å². The molecule has 0 aliphatic carbocycles. The van der Waals surface area contributed by atoms with Crippen molar-refractivity contribution in [1.82, 2.24) is 9.80 Å². The molecule has 3 rings (SSSR count). The van der Waals surface area contributed by atoms with Gasteiger partial charge in [0.05, 0.1) is 11.6 Å². The van der Waals surface area contributed by atoms with Crippen LogP contribution in [-0.2, 0) is 17.8 Å². The summed E-state index contributed by atoms with van der Waals surface area (Å²) in [5.41, 5.74) is 2.87. The third kappa shape index (κ3) is 4.62. The van der Waals surface area contributed by atoms with Gasteiger partial charge in [-0.2, -0.15) is 5.26 Å². The van der Waals surface area contributed by atoms with E-state index in [4.69, 9.17) is 4.74 Å². The van der Waals surface area contributed by atoms with Gasteiger partial charge in [0.1, 0.15) is 6.10 Å². The summed E-state index contributed by atoms with van der Waals surface area (Å²) in [6.07, 6.45) is 0.419. The molecule has 26 heavy (non-hydrogen) atoms. The Morgan fingerprint density at radius 2 is 1.88 bits per heavy atom. The summed E-state index contributed by atoms with van der Waals surface area (Å²) in [5, 5.41) is 9.36. The van der Waals surface area contributed by atoms with Gasteiger partial charge in [-0.15, -0.1) is 0 Å². The molecule has 5 nitrogen and oxygen atoms in total. The van der Waals surface area contributed by atoms with E-state index in [1.54, 1.807) is 11.9 Å². The number of carbonyl (C=O) groups is 1. The first-order chi connectivity index (χ1) is 12.7. The molecule has 0 saturated carbocycles. The van der Waals surface area contributed by atoms with E-state index >= 15 is 0 Å². The number of benzene rings is 2. The molecule has 1 aliphatic rings. The van der Waals surface area contributed by atoms with Crippen molar-refractivity contribution in [3.05, 3.63) is 71.3 Å². The number of rotatable bonds is 6. The highest BCUT2D eigenvalue weighted by Crippen LogP contribution is 2.17. The monoisotopic (exact) mass is 349 g/mol. The summed E-state index contributed by atoms with van der Waals surface area (Å²) < 4.78 is 5.54. The lowest BCUT2D eigenvalue weighted by atomic mass is 10.1. The first-order valence-electron chi connectivity index (χ1n) is 8.81. The van der Waals surface area contributed by atoms with Gasteiger partial charge >= 0.3 is 6.09 Å². The number of amides is 1. The molecule has 1 aliphatic heterocycles. The van der Waals surface area contributed by atoms with Gasteiger partial charge < -0.3 is 9.64 Å². The second-order valence-corrected chi connectivity index (χ2v) is 6.64. The number of hydrogen-bond acceptors (Lipinski definition) is 4. The van der Waals surface area contributed by atoms with Crippen molar-refractivity contribution >= 4 is 6.09 Å². The van der Waals surface area contributed by atoms with Crippen molar-refractivity contribution < 1.29 is 9.53 Å². The number of hydrogen-bond donors (Lipinski definition) is 0. The Morgan fingerprint density at radius 1 is 1.15 bits per heavy atom. The van der Waals surface area contributed by atoms with Crippen molar-refractivity contribution in [2.45, 2.75) is 25.6 Å². The molecule has 1 saturated heterocycles. The molecule has 1 heterocycles. The lowest BCUT2D eigenvalue weighted by Crippen LogP contribution is -2.44. The van der Waals surface area contributed by atoms with Crippen LogP contribution in [0, 0.1) is 11.3 Å². The molecule has 0 N–H and O–H groups in total. The number of carbonyl (C=O) groups excluding carboxylic acids is 1. The summed E-state index contributed by atoms with van der Waals surface area (Å²) in [5.74, 6) is 0. The fourth-order valence-electron chi connectivity index (χ4n) is 3.17. The fourth-order valence-corrected chi connectivity index (χ4v) is 3.17. The van der Waals surface area contributed by atoms with E-state index < -0.39 is 0 Å². The number of ether oxygens (including phenoxy) is 1. The smallest absolute Gasteiger partial charge is 0.409 e. The minimum absolute atomic E-state index is 0.128. The average Bonchev–Trinajstić information content (AvgIpc) is 2.66. The molecule has 5 heteroatoms. The van der Waals surface area contributed by atoms with E-state index in [1.165, 1.54) is 5.56 Å². The highest BCUT2D eigenvalue weighted by atomic mass is 16.6. The summed E-state index contributed by atoms with van der Waals surface area (Å²) in [7, 11) is 1.75. The van der Waals surface area contributed by atoms with E-state index in [9.17, 15) is 10.1 Å². The Labute approximate surface area is 154 Å². The van der Waals surface area contributed by atoms with Crippen LogP contribution in [0.3, 0.4) is 0 Å². The molecule has 0 aromatic heterocycles. The molecule has 2 aromatic rings. The van der Waals surface area contributed by atoms with Crippen LogP contribution in [0.15, 0.2) is 54.6 Å². The zero-order valence-electron chi connectivity index (χ0n) is 15.0. The topological polar surface area (TPSA) is 56.6 Å². The normalized spacial score (nSPS) is 17.0. The molecule has 1 amide bonds. The largest absolute Gasteiger partial charge is 0.445 e. The summed E-state index contributed by atoms with van der Waals surface area (Å²) >= 11 is 0. The summed E-state index contributed by atoms with van der Waals surface area (Å²) in [6, 6.07) is 20.1. The van der Waals surface area contributed by atoms with Gasteiger partial charge in [-0.1, -0.05) is 48.5 Å². The third-order valence-corrected chi connectivity index (χ3v) is 4.61. The van der Waals surface area contributed by atoms with Crippen LogP contribution in [0.5, 0.6) is 0 Å². The molecule has 134 valence electrons. The first-order valence-corrected chi connectivity index (χ1v) is 8.81. The van der Waals surface area contributed by atoms with Gasteiger partial charge in [-0.3, -0.25) is 4.90 Å². The molecule has 0 bridgehead atoms. The van der Waals surface area contributed by atoms with E-state index in [-0.39, 0.29) is 12.2 Å². The molecule has 0 unspecified atom stereocenters. The van der Waals surface area contributed by atoms with Crippen LogP contribution in [0.2, 0.25) is 0 Å². The predicted molar refractivity (Wildman–Crippen MR) is 99.2 cm³/mol. The first kappa shape index (κ1) is 18.0. The maximum atomic E-state index is 11.8. The van der Waals surface area contributed by atoms with E-state index in [1.807, 2.05) is 42.5 Å². The Kier molecular flexibility index (Phi) is 5.88. The maximum Gasteiger partial charge on any atom is 0.409 e. The van der Waals surface area contributed by atoms with E-state index in [0.717, 1.165) is 18.5 Å². The van der Waals surface area contributed by atoms with Crippen LogP contribution in [0.4, 0.5) is 4.79 Å². The van der Waals surface area contributed by atoms with E-state index in [2.05, 4.69) is 23.1 Å². The molecule has 0 spiro atoms. The molecular formula is C21H23N3O2. The Balaban J connectivity index is 1.75. The average molecular weight is 349 g/mol. The predicted octanol–water partition coefficient (Wildman–Crippen LogP) is 3.40. The number of cyclic esters (lactones) is 1. The van der Waals surface area contributed by atoms with Crippen LogP contribution >= 0.6 is 0 Å². The van der Waals surface area contributed by atoms with Crippen LogP contribution in [-0.4, -0.2) is 42.1 Å². The van der Waals surface area contributed by atoms with Crippen molar-refractivity contribution in [2.24, 2.45) is 0 Å². The van der Waals surface area contributed by atoms with Crippen molar-refractivity contribution in [3.63, 3.8) is 0 Å². The van der Waals surface area contributed by atoms with Gasteiger partial charge in [0.2, 0.25) is 0 Å². The van der Waals surface area contributed by atoms with Gasteiger partial charge in [0.15, 0.2) is 0 Å². The lowest BCUT2D eigenvalue weighted by molar-refractivity contribution is 0.0124. The highest BCUT2D eigenvalue weighted by molar-refractivity contribution is 5.68. The zero-order valence-corrected chi connectivity index (χ0v) is 15.0. The summed E-state index contributed by atoms with van der Waals surface area (Å²) in [4.78, 5) is 15.7. The van der Waals surface area contributed by atoms with Crippen LogP contribution in [0.25, 0.3) is 0 Å². The van der Waals surface area contributed by atoms with Crippen LogP contribution in [0.1, 0.15) is 23.1 Å². The zero-order chi connectivity index (χ0) is 18.4. The van der Waals surface area contributed by atoms with Crippen LogP contribution < -0.4 is 0 Å². The minimum atomic E-state index is -0.265. The van der Waals surface area contributed by atoms with Gasteiger partial charge in [0, 0.05) is 39.6 Å². The van der Waals surface area contributed by atoms with Gasteiger partial charge in [-0.25, -0.2) is 4.79 Å². The molecule has 2 aromatic carbocycles. The van der Waals surface area contributed by atoms with Crippen molar-refractivity contribution in [3.8, 4) is 6.07 Å². The third-order valence-electron chi connectivity index (χ3n) is 4.61. The Morgan fingerprint density at radius 3 is 2.62 bits per heavy atom. The number of nitriles is 1. The second-order valence-electron chi connectivity index (χ2n) is 6.64. The lowest BCUT2D eigenvalue weighted by Gasteiger charge is -2.33. The van der Waals surface area contributed by atoms with Gasteiger partial charge in [-0.05, 0) is 17.2 Å². The Bertz CT molecular complexity index is 785. The second kappa shape index (κ2) is 8.50. The molecular weight excluding hydrogens is 326 g/mol. The maximum absolute atomic E-state index is 11.8. The number of nitrogens with zero attached hydrogens (tertiary/aromatic N) is 3. The molecule has 1 fully saturated rings. The summed E-state index contributed by atoms with van der Waals surface area (Å²) in [6.45, 7) is 2.73. The minimum Gasteiger partial charge on any atom is -0.445 e. The van der Waals surface area contributed by atoms with Gasteiger partial charge in [0.25, 0.3) is 0 Å². The Hall–Kier alpha value is -2.84.